The van der Waals surface area contributed by atoms with E-state index < -0.39 is 0 Å². The maximum absolute atomic E-state index is 12.5. The predicted octanol–water partition coefficient (Wildman–Crippen LogP) is 2.39. The highest BCUT2D eigenvalue weighted by Crippen LogP contribution is 2.20. The fraction of sp³-hybridized carbons (Fsp3) is 0.389. The number of aromatic nitrogens is 1. The molecule has 0 aliphatic carbocycles. The van der Waals surface area contributed by atoms with E-state index in [9.17, 15) is 9.59 Å². The summed E-state index contributed by atoms with van der Waals surface area (Å²) in [7, 11) is 0. The van der Waals surface area contributed by atoms with Gasteiger partial charge in [-0.25, -0.2) is 4.98 Å². The van der Waals surface area contributed by atoms with Gasteiger partial charge >= 0.3 is 0 Å². The zero-order chi connectivity index (χ0) is 17.1. The summed E-state index contributed by atoms with van der Waals surface area (Å²) < 4.78 is 5.33. The van der Waals surface area contributed by atoms with Crippen LogP contribution in [0.3, 0.4) is 0 Å². The first kappa shape index (κ1) is 16.2. The number of aryl methyl sites for hydroxylation is 1. The van der Waals surface area contributed by atoms with Crippen LogP contribution >= 0.6 is 0 Å². The number of furan rings is 1. The molecule has 3 rings (SSSR count). The van der Waals surface area contributed by atoms with Crippen LogP contribution in [0.1, 0.15) is 35.8 Å². The van der Waals surface area contributed by atoms with Crippen molar-refractivity contribution in [3.8, 4) is 11.5 Å². The number of rotatable bonds is 3. The average molecular weight is 327 g/mol. The molecule has 3 heterocycles. The van der Waals surface area contributed by atoms with Gasteiger partial charge in [0.15, 0.2) is 5.76 Å². The number of nitrogens with zero attached hydrogens (tertiary/aromatic N) is 2. The van der Waals surface area contributed by atoms with Gasteiger partial charge in [-0.15, -0.1) is 0 Å². The summed E-state index contributed by atoms with van der Waals surface area (Å²) in [6, 6.07) is 7.31. The van der Waals surface area contributed by atoms with Crippen molar-refractivity contribution in [2.24, 2.45) is 0 Å². The summed E-state index contributed by atoms with van der Waals surface area (Å²) in [6.07, 6.45) is 3.16. The van der Waals surface area contributed by atoms with Crippen LogP contribution in [0.15, 0.2) is 34.9 Å². The van der Waals surface area contributed by atoms with E-state index in [0.29, 0.717) is 35.8 Å². The van der Waals surface area contributed by atoms with Crippen molar-refractivity contribution < 1.29 is 14.0 Å². The highest BCUT2D eigenvalue weighted by Gasteiger charge is 2.23. The second kappa shape index (κ2) is 6.86. The Hall–Kier alpha value is -2.63. The zero-order valence-electron chi connectivity index (χ0n) is 13.9. The molecule has 2 amide bonds. The SMILES string of the molecule is CC(=O)N1CCC(NC(=O)c2ccc(-c3ccco3)nc2C)CC1. The fourth-order valence-electron chi connectivity index (χ4n) is 2.96. The van der Waals surface area contributed by atoms with Gasteiger partial charge in [-0.2, -0.15) is 0 Å². The Morgan fingerprint density at radius 3 is 2.58 bits per heavy atom. The lowest BCUT2D eigenvalue weighted by molar-refractivity contribution is -0.129. The smallest absolute Gasteiger partial charge is 0.253 e. The first-order chi connectivity index (χ1) is 11.5. The van der Waals surface area contributed by atoms with Crippen molar-refractivity contribution in [3.05, 3.63) is 41.8 Å². The molecular weight excluding hydrogens is 306 g/mol. The minimum absolute atomic E-state index is 0.0911. The van der Waals surface area contributed by atoms with E-state index in [1.807, 2.05) is 17.9 Å². The van der Waals surface area contributed by atoms with E-state index in [2.05, 4.69) is 10.3 Å². The molecule has 0 radical (unpaired) electrons. The van der Waals surface area contributed by atoms with Crippen LogP contribution < -0.4 is 5.32 Å². The second-order valence-corrected chi connectivity index (χ2v) is 6.06. The highest BCUT2D eigenvalue weighted by atomic mass is 16.3. The van der Waals surface area contributed by atoms with Gasteiger partial charge in [0, 0.05) is 26.1 Å². The van der Waals surface area contributed by atoms with Gasteiger partial charge in [-0.05, 0) is 44.0 Å². The number of amides is 2. The Balaban J connectivity index is 1.64. The first-order valence-electron chi connectivity index (χ1n) is 8.12. The number of carbonyl (C=O) groups is 2. The van der Waals surface area contributed by atoms with Gasteiger partial charge in [0.05, 0.1) is 17.5 Å². The van der Waals surface area contributed by atoms with Gasteiger partial charge in [0.25, 0.3) is 5.91 Å². The van der Waals surface area contributed by atoms with Crippen molar-refractivity contribution in [3.63, 3.8) is 0 Å². The molecule has 0 unspecified atom stereocenters. The summed E-state index contributed by atoms with van der Waals surface area (Å²) in [5, 5.41) is 3.05. The summed E-state index contributed by atoms with van der Waals surface area (Å²) >= 11 is 0. The van der Waals surface area contributed by atoms with E-state index in [1.165, 1.54) is 0 Å². The van der Waals surface area contributed by atoms with Gasteiger partial charge in [0.1, 0.15) is 5.69 Å². The van der Waals surface area contributed by atoms with Crippen LogP contribution in [0.25, 0.3) is 11.5 Å². The summed E-state index contributed by atoms with van der Waals surface area (Å²) in [5.74, 6) is 0.655. The summed E-state index contributed by atoms with van der Waals surface area (Å²) in [5.41, 5.74) is 1.95. The molecule has 0 saturated carbocycles. The van der Waals surface area contributed by atoms with Gasteiger partial charge in [-0.1, -0.05) is 0 Å². The molecule has 1 aliphatic heterocycles. The lowest BCUT2D eigenvalue weighted by Gasteiger charge is -2.31. The first-order valence-corrected chi connectivity index (χ1v) is 8.12. The normalized spacial score (nSPS) is 15.3. The molecule has 6 heteroatoms. The molecule has 24 heavy (non-hydrogen) atoms. The van der Waals surface area contributed by atoms with Crippen molar-refractivity contribution >= 4 is 11.8 Å². The molecule has 0 bridgehead atoms. The Labute approximate surface area is 140 Å². The molecule has 0 atom stereocenters. The molecule has 2 aromatic heterocycles. The summed E-state index contributed by atoms with van der Waals surface area (Å²) in [6.45, 7) is 4.78. The molecule has 2 aromatic rings. The standard InChI is InChI=1S/C18H21N3O3/c1-12-15(5-6-16(19-12)17-4-3-11-24-17)18(23)20-14-7-9-21(10-8-14)13(2)22/h3-6,11,14H,7-10H2,1-2H3,(H,20,23). The van der Waals surface area contributed by atoms with Crippen molar-refractivity contribution in [2.45, 2.75) is 32.7 Å². The lowest BCUT2D eigenvalue weighted by Crippen LogP contribution is -2.46. The molecular formula is C18H21N3O3. The minimum atomic E-state index is -0.118. The Bertz CT molecular complexity index is 732. The lowest BCUT2D eigenvalue weighted by atomic mass is 10.0. The maximum atomic E-state index is 12.5. The van der Waals surface area contributed by atoms with Crippen LogP contribution in [-0.4, -0.2) is 40.8 Å². The van der Waals surface area contributed by atoms with Crippen molar-refractivity contribution in [1.29, 1.82) is 0 Å². The Morgan fingerprint density at radius 2 is 2.00 bits per heavy atom. The van der Waals surface area contributed by atoms with Crippen LogP contribution in [0, 0.1) is 6.92 Å². The van der Waals surface area contributed by atoms with Gasteiger partial charge in [-0.3, -0.25) is 9.59 Å². The molecule has 0 aromatic carbocycles. The third-order valence-electron chi connectivity index (χ3n) is 4.38. The number of carbonyl (C=O) groups excluding carboxylic acids is 2. The van der Waals surface area contributed by atoms with Crippen LogP contribution in [-0.2, 0) is 4.79 Å². The largest absolute Gasteiger partial charge is 0.463 e. The Kier molecular flexibility index (Phi) is 4.64. The number of hydrogen-bond acceptors (Lipinski definition) is 4. The topological polar surface area (TPSA) is 75.4 Å². The average Bonchev–Trinajstić information content (AvgIpc) is 3.09. The van der Waals surface area contributed by atoms with Crippen LogP contribution in [0.2, 0.25) is 0 Å². The third kappa shape index (κ3) is 3.48. The number of nitrogens with one attached hydrogen (secondary N) is 1. The quantitative estimate of drug-likeness (QED) is 0.939. The second-order valence-electron chi connectivity index (χ2n) is 6.06. The van der Waals surface area contributed by atoms with E-state index in [-0.39, 0.29) is 17.9 Å². The number of pyridine rings is 1. The minimum Gasteiger partial charge on any atom is -0.463 e. The zero-order valence-corrected chi connectivity index (χ0v) is 13.9. The van der Waals surface area contributed by atoms with Gasteiger partial charge < -0.3 is 14.6 Å². The summed E-state index contributed by atoms with van der Waals surface area (Å²) in [4.78, 5) is 30.1. The van der Waals surface area contributed by atoms with E-state index >= 15 is 0 Å². The maximum Gasteiger partial charge on any atom is 0.253 e. The number of hydrogen-bond donors (Lipinski definition) is 1. The molecule has 126 valence electrons. The number of likely N-dealkylation sites (tertiary alicyclic amines) is 1. The predicted molar refractivity (Wildman–Crippen MR) is 89.4 cm³/mol. The molecule has 0 spiro atoms. The molecule has 6 nitrogen and oxygen atoms in total. The monoisotopic (exact) mass is 327 g/mol. The third-order valence-corrected chi connectivity index (χ3v) is 4.38. The van der Waals surface area contributed by atoms with E-state index in [4.69, 9.17) is 4.42 Å². The molecule has 1 N–H and O–H groups in total. The van der Waals surface area contributed by atoms with Crippen LogP contribution in [0.4, 0.5) is 0 Å². The molecule has 1 saturated heterocycles. The van der Waals surface area contributed by atoms with Crippen molar-refractivity contribution in [1.82, 2.24) is 15.2 Å². The van der Waals surface area contributed by atoms with E-state index in [1.54, 1.807) is 31.4 Å². The van der Waals surface area contributed by atoms with Gasteiger partial charge in [0.2, 0.25) is 5.91 Å². The van der Waals surface area contributed by atoms with Crippen molar-refractivity contribution in [2.75, 3.05) is 13.1 Å². The fourth-order valence-corrected chi connectivity index (χ4v) is 2.96. The Morgan fingerprint density at radius 1 is 1.25 bits per heavy atom. The van der Waals surface area contributed by atoms with Crippen LogP contribution in [0.5, 0.6) is 0 Å². The van der Waals surface area contributed by atoms with E-state index in [0.717, 1.165) is 12.8 Å². The number of piperidine rings is 1. The molecule has 1 fully saturated rings. The molecule has 1 aliphatic rings. The highest BCUT2D eigenvalue weighted by molar-refractivity contribution is 5.95.